The molecule has 3 aromatic heterocycles. The molecule has 0 aliphatic heterocycles. The van der Waals surface area contributed by atoms with Crippen LogP contribution in [0.1, 0.15) is 29.6 Å². The Balaban J connectivity index is 0.00000243. The smallest absolute Gasteiger partial charge is 0.193 e. The second kappa shape index (κ2) is 8.85. The highest BCUT2D eigenvalue weighted by Gasteiger charge is 2.14. The summed E-state index contributed by atoms with van der Waals surface area (Å²) in [5, 5.41) is 13.3. The minimum atomic E-state index is 0. The van der Waals surface area contributed by atoms with Crippen LogP contribution in [-0.4, -0.2) is 38.2 Å². The molecule has 2 N–H and O–H groups in total. The van der Waals surface area contributed by atoms with Crippen molar-refractivity contribution in [2.75, 3.05) is 7.05 Å². The lowest BCUT2D eigenvalue weighted by Crippen LogP contribution is -2.42. The van der Waals surface area contributed by atoms with Crippen LogP contribution >= 0.6 is 35.3 Å². The molecule has 142 valence electrons. The van der Waals surface area contributed by atoms with E-state index in [4.69, 9.17) is 0 Å². The van der Waals surface area contributed by atoms with Crippen LogP contribution in [0.25, 0.3) is 4.96 Å². The van der Waals surface area contributed by atoms with E-state index in [1.807, 2.05) is 33.9 Å². The van der Waals surface area contributed by atoms with Gasteiger partial charge in [-0.1, -0.05) is 0 Å². The van der Waals surface area contributed by atoms with Crippen LogP contribution in [0.5, 0.6) is 0 Å². The van der Waals surface area contributed by atoms with Gasteiger partial charge in [0, 0.05) is 43.6 Å². The Morgan fingerprint density at radius 3 is 2.77 bits per heavy atom. The second-order valence-electron chi connectivity index (χ2n) is 6.27. The van der Waals surface area contributed by atoms with Crippen molar-refractivity contribution in [3.8, 4) is 0 Å². The molecule has 0 amide bonds. The van der Waals surface area contributed by atoms with Crippen molar-refractivity contribution in [1.82, 2.24) is 29.8 Å². The van der Waals surface area contributed by atoms with E-state index in [1.54, 1.807) is 18.4 Å². The lowest BCUT2D eigenvalue weighted by Gasteiger charge is -2.18. The molecular weight excluding hydrogens is 461 g/mol. The third kappa shape index (κ3) is 4.56. The second-order valence-corrected chi connectivity index (χ2v) is 7.15. The Morgan fingerprint density at radius 2 is 2.15 bits per heavy atom. The molecular formula is C17H26IN7S. The zero-order valence-corrected chi connectivity index (χ0v) is 18.9. The van der Waals surface area contributed by atoms with Crippen molar-refractivity contribution in [2.45, 2.75) is 39.8 Å². The molecule has 0 radical (unpaired) electrons. The zero-order valence-electron chi connectivity index (χ0n) is 15.8. The molecule has 0 spiro atoms. The topological polar surface area (TPSA) is 71.5 Å². The summed E-state index contributed by atoms with van der Waals surface area (Å²) in [6.45, 7) is 6.98. The highest BCUT2D eigenvalue weighted by molar-refractivity contribution is 14.0. The maximum atomic E-state index is 4.58. The Morgan fingerprint density at radius 1 is 1.38 bits per heavy atom. The van der Waals surface area contributed by atoms with Crippen molar-refractivity contribution in [1.29, 1.82) is 0 Å². The average Bonchev–Trinajstić information content (AvgIpc) is 3.22. The Kier molecular flexibility index (Phi) is 7.04. The number of halogens is 1. The lowest BCUT2D eigenvalue weighted by atomic mass is 10.1. The van der Waals surface area contributed by atoms with Gasteiger partial charge in [0.25, 0.3) is 0 Å². The van der Waals surface area contributed by atoms with E-state index in [-0.39, 0.29) is 30.0 Å². The molecule has 0 aliphatic rings. The van der Waals surface area contributed by atoms with Gasteiger partial charge in [0.2, 0.25) is 0 Å². The van der Waals surface area contributed by atoms with E-state index >= 15 is 0 Å². The quantitative estimate of drug-likeness (QED) is 0.330. The number of rotatable bonds is 5. The van der Waals surface area contributed by atoms with Gasteiger partial charge < -0.3 is 10.6 Å². The van der Waals surface area contributed by atoms with Crippen LogP contribution in [-0.2, 0) is 20.0 Å². The van der Waals surface area contributed by atoms with E-state index in [9.17, 15) is 0 Å². The number of aromatic nitrogens is 4. The summed E-state index contributed by atoms with van der Waals surface area (Å²) >= 11 is 1.63. The summed E-state index contributed by atoms with van der Waals surface area (Å²) in [5.74, 6) is 0.781. The molecule has 1 unspecified atom stereocenters. The molecule has 0 saturated heterocycles. The number of guanidine groups is 1. The highest BCUT2D eigenvalue weighted by Crippen LogP contribution is 2.14. The van der Waals surface area contributed by atoms with Gasteiger partial charge in [0.1, 0.15) is 0 Å². The molecule has 0 saturated carbocycles. The predicted molar refractivity (Wildman–Crippen MR) is 118 cm³/mol. The number of thiazole rings is 1. The third-order valence-electron chi connectivity index (χ3n) is 4.36. The predicted octanol–water partition coefficient (Wildman–Crippen LogP) is 2.66. The number of imidazole rings is 1. The fraction of sp³-hybridized carbons (Fsp3) is 0.471. The first-order chi connectivity index (χ1) is 12.0. The van der Waals surface area contributed by atoms with Gasteiger partial charge in [-0.05, 0) is 32.8 Å². The average molecular weight is 487 g/mol. The van der Waals surface area contributed by atoms with E-state index in [0.29, 0.717) is 6.54 Å². The molecule has 0 aliphatic carbocycles. The zero-order chi connectivity index (χ0) is 18.0. The van der Waals surface area contributed by atoms with Gasteiger partial charge in [0.15, 0.2) is 10.9 Å². The van der Waals surface area contributed by atoms with Gasteiger partial charge in [-0.25, -0.2) is 4.98 Å². The Bertz CT molecular complexity index is 864. The van der Waals surface area contributed by atoms with Gasteiger partial charge in [-0.15, -0.1) is 35.3 Å². The number of fused-ring (bicyclic) bond motifs is 1. The first-order valence-corrected chi connectivity index (χ1v) is 9.23. The van der Waals surface area contributed by atoms with Gasteiger partial charge in [-0.3, -0.25) is 14.1 Å². The van der Waals surface area contributed by atoms with Crippen LogP contribution in [0.4, 0.5) is 0 Å². The fourth-order valence-corrected chi connectivity index (χ4v) is 3.65. The van der Waals surface area contributed by atoms with E-state index < -0.39 is 0 Å². The van der Waals surface area contributed by atoms with Crippen LogP contribution in [0, 0.1) is 13.8 Å². The Hall–Kier alpha value is -1.62. The van der Waals surface area contributed by atoms with Crippen LogP contribution in [0.2, 0.25) is 0 Å². The molecule has 0 fully saturated rings. The summed E-state index contributed by atoms with van der Waals surface area (Å²) in [5.41, 5.74) is 4.61. The largest absolute Gasteiger partial charge is 0.354 e. The van der Waals surface area contributed by atoms with Gasteiger partial charge >= 0.3 is 0 Å². The minimum Gasteiger partial charge on any atom is -0.354 e. The molecule has 3 aromatic rings. The summed E-state index contributed by atoms with van der Waals surface area (Å²) in [6.07, 6.45) is 4.97. The molecule has 1 atom stereocenters. The van der Waals surface area contributed by atoms with Crippen LogP contribution in [0.3, 0.4) is 0 Å². The normalized spacial score (nSPS) is 12.9. The van der Waals surface area contributed by atoms with Crippen LogP contribution in [0.15, 0.2) is 22.8 Å². The fourth-order valence-electron chi connectivity index (χ4n) is 2.93. The lowest BCUT2D eigenvalue weighted by molar-refractivity contribution is 0.634. The van der Waals surface area contributed by atoms with Crippen LogP contribution < -0.4 is 10.6 Å². The SMILES string of the molecule is CN=C(NCc1cn2ccsc2n1)NC(C)Cc1c(C)nn(C)c1C.I. The number of nitrogens with zero attached hydrogens (tertiary/aromatic N) is 5. The van der Waals surface area contributed by atoms with E-state index in [2.05, 4.69) is 46.5 Å². The van der Waals surface area contributed by atoms with Crippen molar-refractivity contribution >= 4 is 46.2 Å². The maximum absolute atomic E-state index is 4.58. The van der Waals surface area contributed by atoms with Crippen molar-refractivity contribution in [3.05, 3.63) is 40.4 Å². The van der Waals surface area contributed by atoms with E-state index in [1.165, 1.54) is 11.3 Å². The first-order valence-electron chi connectivity index (χ1n) is 8.35. The number of aliphatic imine (C=N–C) groups is 1. The summed E-state index contributed by atoms with van der Waals surface area (Å²) in [4.78, 5) is 9.90. The number of hydrogen-bond acceptors (Lipinski definition) is 4. The number of nitrogens with one attached hydrogen (secondary N) is 2. The standard InChI is InChI=1S/C17H25N7S.HI/c1-11(8-15-12(2)22-23(5)13(15)3)20-16(18-4)19-9-14-10-24-6-7-25-17(24)21-14;/h6-7,10-11H,8-9H2,1-5H3,(H2,18,19,20);1H. The van der Waals surface area contributed by atoms with Crippen molar-refractivity contribution < 1.29 is 0 Å². The number of aryl methyl sites for hydroxylation is 2. The van der Waals surface area contributed by atoms with E-state index in [0.717, 1.165) is 28.7 Å². The molecule has 26 heavy (non-hydrogen) atoms. The monoisotopic (exact) mass is 487 g/mol. The molecule has 9 heteroatoms. The first kappa shape index (κ1) is 20.7. The van der Waals surface area contributed by atoms with Gasteiger partial charge in [-0.2, -0.15) is 5.10 Å². The molecule has 0 aromatic carbocycles. The van der Waals surface area contributed by atoms with Crippen molar-refractivity contribution in [3.63, 3.8) is 0 Å². The number of hydrogen-bond donors (Lipinski definition) is 2. The molecule has 3 heterocycles. The minimum absolute atomic E-state index is 0. The highest BCUT2D eigenvalue weighted by atomic mass is 127. The summed E-state index contributed by atoms with van der Waals surface area (Å²) in [6, 6.07) is 0.248. The van der Waals surface area contributed by atoms with Gasteiger partial charge in [0.05, 0.1) is 17.9 Å². The summed E-state index contributed by atoms with van der Waals surface area (Å²) < 4.78 is 3.98. The Labute approximate surface area is 174 Å². The molecule has 7 nitrogen and oxygen atoms in total. The molecule has 0 bridgehead atoms. The van der Waals surface area contributed by atoms with Crippen molar-refractivity contribution in [2.24, 2.45) is 12.0 Å². The summed E-state index contributed by atoms with van der Waals surface area (Å²) in [7, 11) is 3.77. The third-order valence-corrected chi connectivity index (χ3v) is 5.13. The molecule has 3 rings (SSSR count). The maximum Gasteiger partial charge on any atom is 0.193 e.